The van der Waals surface area contributed by atoms with Gasteiger partial charge in [0.1, 0.15) is 5.82 Å². The smallest absolute Gasteiger partial charge is 0.238 e. The Balaban J connectivity index is 2.44. The van der Waals surface area contributed by atoms with Crippen molar-refractivity contribution in [2.45, 2.75) is 6.42 Å². The summed E-state index contributed by atoms with van der Waals surface area (Å²) in [6, 6.07) is 4.08. The predicted octanol–water partition coefficient (Wildman–Crippen LogP) is 1.31. The van der Waals surface area contributed by atoms with E-state index in [1.54, 1.807) is 7.11 Å². The van der Waals surface area contributed by atoms with Crippen LogP contribution in [0.5, 0.6) is 0 Å². The number of nitrogens with two attached hydrogens (primary N) is 1. The van der Waals surface area contributed by atoms with Crippen LogP contribution in [0.3, 0.4) is 0 Å². The van der Waals surface area contributed by atoms with E-state index in [1.807, 2.05) is 11.9 Å². The monoisotopic (exact) mass is 269 g/mol. The van der Waals surface area contributed by atoms with E-state index in [4.69, 9.17) is 10.5 Å². The van der Waals surface area contributed by atoms with Crippen LogP contribution in [0.1, 0.15) is 6.42 Å². The molecular weight excluding hydrogens is 249 g/mol. The van der Waals surface area contributed by atoms with E-state index in [9.17, 15) is 9.18 Å². The summed E-state index contributed by atoms with van der Waals surface area (Å²) in [5.41, 5.74) is 6.06. The summed E-state index contributed by atoms with van der Waals surface area (Å²) < 4.78 is 18.3. The number of nitrogens with one attached hydrogen (secondary N) is 1. The second kappa shape index (κ2) is 7.70. The number of carbonyl (C=O) groups is 1. The number of likely N-dealkylation sites (N-methyl/N-ethyl adjacent to an activating group) is 1. The molecule has 1 amide bonds. The Bertz CT molecular complexity index is 426. The normalized spacial score (nSPS) is 10.7. The highest BCUT2D eigenvalue weighted by atomic mass is 19.1. The van der Waals surface area contributed by atoms with Crippen LogP contribution in [0, 0.1) is 5.82 Å². The van der Waals surface area contributed by atoms with Gasteiger partial charge >= 0.3 is 0 Å². The van der Waals surface area contributed by atoms with Crippen molar-refractivity contribution in [2.24, 2.45) is 0 Å². The van der Waals surface area contributed by atoms with Gasteiger partial charge in [-0.3, -0.25) is 9.69 Å². The number of ether oxygens (including phenoxy) is 1. The SMILES string of the molecule is COCCCN(C)CC(=O)Nc1cc(N)ccc1F. The van der Waals surface area contributed by atoms with Gasteiger partial charge in [0.2, 0.25) is 5.91 Å². The lowest BCUT2D eigenvalue weighted by Crippen LogP contribution is -2.31. The summed E-state index contributed by atoms with van der Waals surface area (Å²) in [7, 11) is 3.46. The van der Waals surface area contributed by atoms with Gasteiger partial charge in [0.15, 0.2) is 0 Å². The van der Waals surface area contributed by atoms with Gasteiger partial charge in [-0.2, -0.15) is 0 Å². The number of nitrogens with zero attached hydrogens (tertiary/aromatic N) is 1. The molecule has 0 atom stereocenters. The summed E-state index contributed by atoms with van der Waals surface area (Å²) in [5.74, 6) is -0.769. The van der Waals surface area contributed by atoms with Gasteiger partial charge in [0, 0.05) is 25.9 Å². The van der Waals surface area contributed by atoms with Crippen molar-refractivity contribution in [1.82, 2.24) is 4.90 Å². The topological polar surface area (TPSA) is 67.6 Å². The van der Waals surface area contributed by atoms with Crippen molar-refractivity contribution < 1.29 is 13.9 Å². The summed E-state index contributed by atoms with van der Waals surface area (Å²) >= 11 is 0. The molecular formula is C13H20FN3O2. The zero-order chi connectivity index (χ0) is 14.3. The third-order valence-corrected chi connectivity index (χ3v) is 2.57. The van der Waals surface area contributed by atoms with Gasteiger partial charge < -0.3 is 15.8 Å². The van der Waals surface area contributed by atoms with Gasteiger partial charge in [-0.05, 0) is 31.7 Å². The van der Waals surface area contributed by atoms with Crippen molar-refractivity contribution in [3.8, 4) is 0 Å². The maximum atomic E-state index is 13.4. The molecule has 1 aromatic rings. The van der Waals surface area contributed by atoms with Crippen molar-refractivity contribution in [3.05, 3.63) is 24.0 Å². The van der Waals surface area contributed by atoms with E-state index in [-0.39, 0.29) is 18.1 Å². The molecule has 1 aromatic carbocycles. The molecule has 0 aliphatic rings. The Morgan fingerprint density at radius 3 is 2.95 bits per heavy atom. The number of hydrogen-bond acceptors (Lipinski definition) is 4. The Hall–Kier alpha value is -1.66. The standard InChI is InChI=1S/C13H20FN3O2/c1-17(6-3-7-19-2)9-13(18)16-12-8-10(15)4-5-11(12)14/h4-5,8H,3,6-7,9,15H2,1-2H3,(H,16,18). The van der Waals surface area contributed by atoms with E-state index in [0.717, 1.165) is 13.0 Å². The number of benzene rings is 1. The van der Waals surface area contributed by atoms with Crippen LogP contribution in [-0.2, 0) is 9.53 Å². The van der Waals surface area contributed by atoms with Crippen LogP contribution in [0.2, 0.25) is 0 Å². The first-order valence-corrected chi connectivity index (χ1v) is 6.05. The third kappa shape index (κ3) is 5.67. The number of rotatable bonds is 7. The molecule has 0 radical (unpaired) electrons. The number of nitrogen functional groups attached to an aromatic ring is 1. The molecule has 0 aromatic heterocycles. The number of methoxy groups -OCH3 is 1. The minimum atomic E-state index is -0.496. The molecule has 5 nitrogen and oxygen atoms in total. The molecule has 6 heteroatoms. The van der Waals surface area contributed by atoms with Crippen LogP contribution in [0.4, 0.5) is 15.8 Å². The number of halogens is 1. The van der Waals surface area contributed by atoms with Crippen molar-refractivity contribution >= 4 is 17.3 Å². The number of hydrogen-bond donors (Lipinski definition) is 2. The predicted molar refractivity (Wildman–Crippen MR) is 73.4 cm³/mol. The Kier molecular flexibility index (Phi) is 6.24. The number of amides is 1. The zero-order valence-corrected chi connectivity index (χ0v) is 11.3. The maximum Gasteiger partial charge on any atom is 0.238 e. The summed E-state index contributed by atoms with van der Waals surface area (Å²) in [6.07, 6.45) is 0.840. The van der Waals surface area contributed by atoms with Gasteiger partial charge in [0.05, 0.1) is 12.2 Å². The lowest BCUT2D eigenvalue weighted by molar-refractivity contribution is -0.117. The fourth-order valence-corrected chi connectivity index (χ4v) is 1.63. The average molecular weight is 269 g/mol. The molecule has 0 saturated heterocycles. The van der Waals surface area contributed by atoms with E-state index in [1.165, 1.54) is 18.2 Å². The van der Waals surface area contributed by atoms with Crippen LogP contribution < -0.4 is 11.1 Å². The first-order valence-electron chi connectivity index (χ1n) is 6.05. The van der Waals surface area contributed by atoms with Crippen LogP contribution in [-0.4, -0.2) is 44.7 Å². The van der Waals surface area contributed by atoms with E-state index in [2.05, 4.69) is 5.32 Å². The summed E-state index contributed by atoms with van der Waals surface area (Å²) in [6.45, 7) is 1.58. The molecule has 0 bridgehead atoms. The van der Waals surface area contributed by atoms with Gasteiger partial charge in [0.25, 0.3) is 0 Å². The largest absolute Gasteiger partial charge is 0.399 e. The Morgan fingerprint density at radius 1 is 1.53 bits per heavy atom. The minimum absolute atomic E-state index is 0.107. The zero-order valence-electron chi connectivity index (χ0n) is 11.3. The first kappa shape index (κ1) is 15.4. The van der Waals surface area contributed by atoms with Crippen molar-refractivity contribution in [3.63, 3.8) is 0 Å². The fraction of sp³-hybridized carbons (Fsp3) is 0.462. The molecule has 0 saturated carbocycles. The first-order chi connectivity index (χ1) is 9.02. The highest BCUT2D eigenvalue weighted by molar-refractivity contribution is 5.92. The molecule has 3 N–H and O–H groups in total. The molecule has 0 unspecified atom stereocenters. The molecule has 0 aliphatic heterocycles. The highest BCUT2D eigenvalue weighted by Crippen LogP contribution is 2.17. The van der Waals surface area contributed by atoms with Crippen LogP contribution in [0.15, 0.2) is 18.2 Å². The van der Waals surface area contributed by atoms with Crippen molar-refractivity contribution in [2.75, 3.05) is 44.9 Å². The lowest BCUT2D eigenvalue weighted by atomic mass is 10.2. The molecule has 0 spiro atoms. The number of anilines is 2. The Labute approximate surface area is 112 Å². The quantitative estimate of drug-likeness (QED) is 0.578. The molecule has 19 heavy (non-hydrogen) atoms. The van der Waals surface area contributed by atoms with E-state index in [0.29, 0.717) is 12.3 Å². The van der Waals surface area contributed by atoms with Gasteiger partial charge in [-0.25, -0.2) is 4.39 Å². The minimum Gasteiger partial charge on any atom is -0.399 e. The van der Waals surface area contributed by atoms with Gasteiger partial charge in [-0.1, -0.05) is 0 Å². The third-order valence-electron chi connectivity index (χ3n) is 2.57. The lowest BCUT2D eigenvalue weighted by Gasteiger charge is -2.16. The second-order valence-corrected chi connectivity index (χ2v) is 4.37. The molecule has 0 fully saturated rings. The number of carbonyl (C=O) groups excluding carboxylic acids is 1. The molecule has 1 rings (SSSR count). The van der Waals surface area contributed by atoms with Gasteiger partial charge in [-0.15, -0.1) is 0 Å². The van der Waals surface area contributed by atoms with E-state index >= 15 is 0 Å². The highest BCUT2D eigenvalue weighted by Gasteiger charge is 2.09. The maximum absolute atomic E-state index is 13.4. The Morgan fingerprint density at radius 2 is 2.26 bits per heavy atom. The second-order valence-electron chi connectivity index (χ2n) is 4.37. The summed E-state index contributed by atoms with van der Waals surface area (Å²) in [5, 5.41) is 2.51. The molecule has 106 valence electrons. The molecule has 0 aliphatic carbocycles. The van der Waals surface area contributed by atoms with Crippen LogP contribution in [0.25, 0.3) is 0 Å². The average Bonchev–Trinajstić information content (AvgIpc) is 2.34. The fourth-order valence-electron chi connectivity index (χ4n) is 1.63. The van der Waals surface area contributed by atoms with Crippen LogP contribution >= 0.6 is 0 Å². The van der Waals surface area contributed by atoms with E-state index < -0.39 is 5.82 Å². The summed E-state index contributed by atoms with van der Waals surface area (Å²) in [4.78, 5) is 13.6. The van der Waals surface area contributed by atoms with Crippen molar-refractivity contribution in [1.29, 1.82) is 0 Å². The molecule has 0 heterocycles.